The molecule has 0 aliphatic carbocycles. The second kappa shape index (κ2) is 12.5. The summed E-state index contributed by atoms with van der Waals surface area (Å²) in [5.41, 5.74) is -0.145. The van der Waals surface area contributed by atoms with E-state index >= 15 is 0 Å². The highest BCUT2D eigenvalue weighted by Gasteiger charge is 2.54. The van der Waals surface area contributed by atoms with Crippen molar-refractivity contribution in [1.82, 2.24) is 0 Å². The van der Waals surface area contributed by atoms with Crippen LogP contribution in [0.25, 0.3) is 0 Å². The van der Waals surface area contributed by atoms with Gasteiger partial charge < -0.3 is 30.6 Å². The fourth-order valence-corrected chi connectivity index (χ4v) is 4.76. The van der Waals surface area contributed by atoms with Crippen molar-refractivity contribution in [1.29, 1.82) is 0 Å². The molecule has 6 N–H and O–H groups in total. The summed E-state index contributed by atoms with van der Waals surface area (Å²) in [7, 11) is 0. The summed E-state index contributed by atoms with van der Waals surface area (Å²) in [6.07, 6.45) is -5.85. The average Bonchev–Trinajstić information content (AvgIpc) is 2.82. The molecule has 36 heavy (non-hydrogen) atoms. The van der Waals surface area contributed by atoms with E-state index in [1.807, 2.05) is 36.4 Å². The quantitative estimate of drug-likeness (QED) is 0.235. The van der Waals surface area contributed by atoms with E-state index in [1.165, 1.54) is 0 Å². The van der Waals surface area contributed by atoms with Gasteiger partial charge in [0.15, 0.2) is 0 Å². The molecule has 6 heteroatoms. The number of benzene rings is 2. The van der Waals surface area contributed by atoms with Gasteiger partial charge in [0.05, 0.1) is 6.61 Å². The molecule has 2 rings (SSSR count). The molecule has 1 unspecified atom stereocenters. The van der Waals surface area contributed by atoms with Crippen LogP contribution in [-0.2, 0) is 12.8 Å². The number of aliphatic hydroxyl groups excluding tert-OH is 4. The molecule has 0 aliphatic rings. The first-order chi connectivity index (χ1) is 16.7. The third kappa shape index (κ3) is 7.25. The molecule has 0 aromatic heterocycles. The molecule has 2 aromatic carbocycles. The topological polar surface area (TPSA) is 121 Å². The molecule has 0 amide bonds. The van der Waals surface area contributed by atoms with Crippen LogP contribution in [0.15, 0.2) is 60.7 Å². The van der Waals surface area contributed by atoms with Crippen LogP contribution in [0, 0.1) is 0 Å². The first-order valence-corrected chi connectivity index (χ1v) is 12.7. The maximum Gasteiger partial charge on any atom is 0.126 e. The number of aliphatic hydroxyl groups is 6. The lowest BCUT2D eigenvalue weighted by molar-refractivity contribution is -0.228. The minimum atomic E-state index is -2.37. The second-order valence-corrected chi connectivity index (χ2v) is 11.0. The van der Waals surface area contributed by atoms with Gasteiger partial charge in [-0.15, -0.1) is 6.58 Å². The van der Waals surface area contributed by atoms with Gasteiger partial charge in [-0.1, -0.05) is 81.8 Å². The predicted octanol–water partition coefficient (Wildman–Crippen LogP) is 3.22. The van der Waals surface area contributed by atoms with E-state index in [2.05, 4.69) is 34.3 Å². The van der Waals surface area contributed by atoms with Crippen molar-refractivity contribution in [3.8, 4) is 0 Å². The van der Waals surface area contributed by atoms with Gasteiger partial charge in [0.25, 0.3) is 0 Å². The van der Waals surface area contributed by atoms with Gasteiger partial charge in [0.2, 0.25) is 0 Å². The van der Waals surface area contributed by atoms with E-state index in [0.29, 0.717) is 23.0 Å². The van der Waals surface area contributed by atoms with Crippen molar-refractivity contribution in [2.45, 2.75) is 95.2 Å². The molecule has 0 saturated heterocycles. The molecular formula is C30H44O6. The molecule has 0 bridgehead atoms. The lowest BCUT2D eigenvalue weighted by Gasteiger charge is -2.46. The fourth-order valence-electron chi connectivity index (χ4n) is 4.76. The average molecular weight is 501 g/mol. The normalized spacial score (nSPS) is 17.9. The van der Waals surface area contributed by atoms with Crippen molar-refractivity contribution >= 4 is 0 Å². The highest BCUT2D eigenvalue weighted by atomic mass is 16.4. The molecule has 2 aromatic rings. The van der Waals surface area contributed by atoms with Crippen LogP contribution in [0.5, 0.6) is 0 Å². The summed E-state index contributed by atoms with van der Waals surface area (Å²) < 4.78 is 0. The summed E-state index contributed by atoms with van der Waals surface area (Å²) >= 11 is 0. The zero-order valence-corrected chi connectivity index (χ0v) is 22.2. The van der Waals surface area contributed by atoms with E-state index in [4.69, 9.17) is 0 Å². The van der Waals surface area contributed by atoms with Gasteiger partial charge in [-0.3, -0.25) is 0 Å². The smallest absolute Gasteiger partial charge is 0.126 e. The van der Waals surface area contributed by atoms with Crippen LogP contribution in [-0.4, -0.2) is 66.8 Å². The van der Waals surface area contributed by atoms with Gasteiger partial charge in [-0.25, -0.2) is 0 Å². The Labute approximate surface area is 215 Å². The number of hydrogen-bond acceptors (Lipinski definition) is 6. The van der Waals surface area contributed by atoms with Gasteiger partial charge in [0, 0.05) is 12.8 Å². The maximum absolute atomic E-state index is 11.8. The van der Waals surface area contributed by atoms with Crippen LogP contribution >= 0.6 is 0 Å². The van der Waals surface area contributed by atoms with Gasteiger partial charge in [-0.05, 0) is 47.4 Å². The zero-order valence-electron chi connectivity index (χ0n) is 22.2. The monoisotopic (exact) mass is 500 g/mol. The minimum Gasteiger partial charge on any atom is -0.394 e. The zero-order chi connectivity index (χ0) is 27.3. The van der Waals surface area contributed by atoms with Crippen molar-refractivity contribution in [3.05, 3.63) is 82.9 Å². The fraction of sp³-hybridized carbons (Fsp3) is 0.533. The largest absolute Gasteiger partial charge is 0.394 e. The number of rotatable bonds is 13. The van der Waals surface area contributed by atoms with E-state index in [9.17, 15) is 30.6 Å². The highest BCUT2D eigenvalue weighted by Crippen LogP contribution is 2.36. The highest BCUT2D eigenvalue weighted by molar-refractivity contribution is 5.29. The molecule has 0 saturated carbocycles. The minimum absolute atomic E-state index is 0.0179. The summed E-state index contributed by atoms with van der Waals surface area (Å²) in [6.45, 7) is 13.1. The van der Waals surface area contributed by atoms with Crippen molar-refractivity contribution in [3.63, 3.8) is 0 Å². The Kier molecular flexibility index (Phi) is 10.4. The SMILES string of the molecule is C=C(C)CC(O)(Cc1ccc(C(C)C)cc1)[C@@H](O)[C@@](O)(Cc1ccc(C(C)C)cc1)[C@H](O)[C@@H](O)CO. The van der Waals surface area contributed by atoms with Crippen LogP contribution < -0.4 is 0 Å². The third-order valence-corrected chi connectivity index (χ3v) is 6.94. The Bertz CT molecular complexity index is 968. The van der Waals surface area contributed by atoms with Crippen molar-refractivity contribution < 1.29 is 30.6 Å². The standard InChI is InChI=1S/C30H44O6/c1-19(2)15-29(35,16-22-7-11-24(12-8-22)20(3)4)28(34)30(36,27(33)26(32)18-31)17-23-9-13-25(14-10-23)21(5)6/h7-14,20-21,26-28,31-36H,1,15-18H2,2-6H3/t26-,27+,28+,29?,30+/m0/s1. The molecule has 6 nitrogen and oxygen atoms in total. The summed E-state index contributed by atoms with van der Waals surface area (Å²) in [5, 5.41) is 65.8. The first-order valence-electron chi connectivity index (χ1n) is 12.7. The predicted molar refractivity (Wildman–Crippen MR) is 143 cm³/mol. The Balaban J connectivity index is 2.50. The van der Waals surface area contributed by atoms with Crippen LogP contribution in [0.1, 0.15) is 75.1 Å². The molecule has 0 spiro atoms. The van der Waals surface area contributed by atoms with E-state index in [0.717, 1.165) is 16.7 Å². The third-order valence-electron chi connectivity index (χ3n) is 6.94. The summed E-state index contributed by atoms with van der Waals surface area (Å²) in [6, 6.07) is 15.0. The molecule has 0 radical (unpaired) electrons. The Morgan fingerprint density at radius 3 is 1.56 bits per heavy atom. The van der Waals surface area contributed by atoms with Crippen molar-refractivity contribution in [2.75, 3.05) is 6.61 Å². The van der Waals surface area contributed by atoms with Gasteiger partial charge >= 0.3 is 0 Å². The molecular weight excluding hydrogens is 456 g/mol. The Morgan fingerprint density at radius 1 is 0.778 bits per heavy atom. The summed E-state index contributed by atoms with van der Waals surface area (Å²) in [4.78, 5) is 0. The summed E-state index contributed by atoms with van der Waals surface area (Å²) in [5.74, 6) is 0.634. The van der Waals surface area contributed by atoms with Gasteiger partial charge in [-0.2, -0.15) is 0 Å². The Hall–Kier alpha value is -2.06. The van der Waals surface area contributed by atoms with Crippen LogP contribution in [0.3, 0.4) is 0 Å². The van der Waals surface area contributed by atoms with Crippen LogP contribution in [0.2, 0.25) is 0 Å². The molecule has 0 fully saturated rings. The lowest BCUT2D eigenvalue weighted by atomic mass is 9.71. The molecule has 0 heterocycles. The molecule has 5 atom stereocenters. The van der Waals surface area contributed by atoms with E-state index < -0.39 is 36.1 Å². The van der Waals surface area contributed by atoms with E-state index in [-0.39, 0.29) is 19.3 Å². The second-order valence-electron chi connectivity index (χ2n) is 11.0. The molecule has 0 aliphatic heterocycles. The van der Waals surface area contributed by atoms with E-state index in [1.54, 1.807) is 19.1 Å². The maximum atomic E-state index is 11.8. The molecule has 200 valence electrons. The van der Waals surface area contributed by atoms with Crippen LogP contribution in [0.4, 0.5) is 0 Å². The number of hydrogen-bond donors (Lipinski definition) is 6. The van der Waals surface area contributed by atoms with Crippen molar-refractivity contribution in [2.24, 2.45) is 0 Å². The lowest BCUT2D eigenvalue weighted by Crippen LogP contribution is -2.66. The Morgan fingerprint density at radius 2 is 1.19 bits per heavy atom. The van der Waals surface area contributed by atoms with Gasteiger partial charge in [0.1, 0.15) is 29.5 Å². The first kappa shape index (κ1) is 30.2.